The molecular weight excluding hydrogens is 281 g/mol. The summed E-state index contributed by atoms with van der Waals surface area (Å²) in [5.41, 5.74) is 0.880. The van der Waals surface area contributed by atoms with Crippen LogP contribution >= 0.6 is 0 Å². The van der Waals surface area contributed by atoms with Crippen molar-refractivity contribution in [3.8, 4) is 5.75 Å². The van der Waals surface area contributed by atoms with Crippen molar-refractivity contribution in [2.75, 3.05) is 11.8 Å². The van der Waals surface area contributed by atoms with Gasteiger partial charge in [-0.15, -0.1) is 0 Å². The Labute approximate surface area is 117 Å². The van der Waals surface area contributed by atoms with Crippen molar-refractivity contribution in [2.45, 2.75) is 5.75 Å². The highest BCUT2D eigenvalue weighted by atomic mass is 32.2. The van der Waals surface area contributed by atoms with Gasteiger partial charge in [0.05, 0.1) is 18.6 Å². The standard InChI is InChI=1S/C14H14FNO3S/c1-19-14-5-3-2-4-13(14)16-20(17,18)10-11-6-8-12(15)9-7-11/h2-9,16H,10H2,1H3. The van der Waals surface area contributed by atoms with Crippen molar-refractivity contribution in [3.05, 3.63) is 59.9 Å². The first-order chi connectivity index (χ1) is 9.50. The fraction of sp³-hybridized carbons (Fsp3) is 0.143. The first kappa shape index (κ1) is 14.3. The highest BCUT2D eigenvalue weighted by molar-refractivity contribution is 7.91. The van der Waals surface area contributed by atoms with E-state index in [0.29, 0.717) is 17.0 Å². The summed E-state index contributed by atoms with van der Waals surface area (Å²) in [4.78, 5) is 0. The smallest absolute Gasteiger partial charge is 0.237 e. The molecule has 0 amide bonds. The van der Waals surface area contributed by atoms with E-state index < -0.39 is 15.8 Å². The predicted octanol–water partition coefficient (Wildman–Crippen LogP) is 2.78. The van der Waals surface area contributed by atoms with Gasteiger partial charge in [0.2, 0.25) is 10.0 Å². The molecule has 0 aromatic heterocycles. The zero-order valence-electron chi connectivity index (χ0n) is 10.8. The lowest BCUT2D eigenvalue weighted by molar-refractivity contribution is 0.417. The van der Waals surface area contributed by atoms with Gasteiger partial charge < -0.3 is 4.74 Å². The van der Waals surface area contributed by atoms with Crippen molar-refractivity contribution < 1.29 is 17.5 Å². The molecule has 0 atom stereocenters. The Morgan fingerprint density at radius 2 is 1.75 bits per heavy atom. The van der Waals surface area contributed by atoms with E-state index in [9.17, 15) is 12.8 Å². The minimum atomic E-state index is -3.59. The molecule has 0 fully saturated rings. The number of sulfonamides is 1. The second kappa shape index (κ2) is 5.92. The molecule has 20 heavy (non-hydrogen) atoms. The molecule has 0 aliphatic rings. The van der Waals surface area contributed by atoms with Crippen LogP contribution in [-0.4, -0.2) is 15.5 Å². The Kier molecular flexibility index (Phi) is 4.24. The van der Waals surface area contributed by atoms with Gasteiger partial charge in [0.25, 0.3) is 0 Å². The third-order valence-corrected chi connectivity index (χ3v) is 3.89. The first-order valence-electron chi connectivity index (χ1n) is 5.88. The molecule has 2 aromatic rings. The molecule has 0 radical (unpaired) electrons. The highest BCUT2D eigenvalue weighted by Gasteiger charge is 2.14. The van der Waals surface area contributed by atoms with E-state index >= 15 is 0 Å². The molecule has 0 spiro atoms. The van der Waals surface area contributed by atoms with E-state index in [4.69, 9.17) is 4.74 Å². The van der Waals surface area contributed by atoms with Gasteiger partial charge in [0.15, 0.2) is 0 Å². The largest absolute Gasteiger partial charge is 0.495 e. The quantitative estimate of drug-likeness (QED) is 0.923. The third-order valence-electron chi connectivity index (χ3n) is 2.64. The molecule has 0 saturated carbocycles. The van der Waals surface area contributed by atoms with E-state index in [1.807, 2.05) is 0 Å². The van der Waals surface area contributed by atoms with E-state index in [0.717, 1.165) is 0 Å². The SMILES string of the molecule is COc1ccccc1NS(=O)(=O)Cc1ccc(F)cc1. The molecule has 0 aliphatic heterocycles. The average molecular weight is 295 g/mol. The number of methoxy groups -OCH3 is 1. The molecular formula is C14H14FNO3S. The Hall–Kier alpha value is -2.08. The van der Waals surface area contributed by atoms with Gasteiger partial charge >= 0.3 is 0 Å². The van der Waals surface area contributed by atoms with Gasteiger partial charge in [-0.2, -0.15) is 0 Å². The summed E-state index contributed by atoms with van der Waals surface area (Å²) in [6, 6.07) is 12.1. The number of ether oxygens (including phenoxy) is 1. The van der Waals surface area contributed by atoms with Crippen LogP contribution in [0.2, 0.25) is 0 Å². The Bertz CT molecular complexity index is 684. The van der Waals surface area contributed by atoms with Crippen LogP contribution in [0.25, 0.3) is 0 Å². The lowest BCUT2D eigenvalue weighted by Crippen LogP contribution is -2.15. The second-order valence-corrected chi connectivity index (χ2v) is 5.91. The number of nitrogens with one attached hydrogen (secondary N) is 1. The maximum atomic E-state index is 12.8. The zero-order chi connectivity index (χ0) is 14.6. The summed E-state index contributed by atoms with van der Waals surface area (Å²) in [6.07, 6.45) is 0. The number of benzene rings is 2. The van der Waals surface area contributed by atoms with Crippen molar-refractivity contribution >= 4 is 15.7 Å². The van der Waals surface area contributed by atoms with E-state index in [-0.39, 0.29) is 5.75 Å². The van der Waals surface area contributed by atoms with Crippen LogP contribution in [0.4, 0.5) is 10.1 Å². The molecule has 0 aliphatic carbocycles. The second-order valence-electron chi connectivity index (χ2n) is 4.19. The molecule has 0 heterocycles. The summed E-state index contributed by atoms with van der Waals surface area (Å²) in [6.45, 7) is 0. The maximum Gasteiger partial charge on any atom is 0.237 e. The van der Waals surface area contributed by atoms with Gasteiger partial charge in [-0.1, -0.05) is 24.3 Å². The third kappa shape index (κ3) is 3.71. The monoisotopic (exact) mass is 295 g/mol. The number of anilines is 1. The van der Waals surface area contributed by atoms with Crippen LogP contribution in [0.3, 0.4) is 0 Å². The number of hydrogen-bond donors (Lipinski definition) is 1. The summed E-state index contributed by atoms with van der Waals surface area (Å²) >= 11 is 0. The Morgan fingerprint density at radius 1 is 1.10 bits per heavy atom. The van der Waals surface area contributed by atoms with Crippen LogP contribution in [-0.2, 0) is 15.8 Å². The van der Waals surface area contributed by atoms with Crippen molar-refractivity contribution in [1.29, 1.82) is 0 Å². The number of rotatable bonds is 5. The van der Waals surface area contributed by atoms with E-state index in [2.05, 4.69) is 4.72 Å². The molecule has 6 heteroatoms. The Balaban J connectivity index is 2.17. The Morgan fingerprint density at radius 3 is 2.40 bits per heavy atom. The van der Waals surface area contributed by atoms with Gasteiger partial charge in [-0.3, -0.25) is 4.72 Å². The summed E-state index contributed by atoms with van der Waals surface area (Å²) in [5, 5.41) is 0. The van der Waals surface area contributed by atoms with Crippen molar-refractivity contribution in [1.82, 2.24) is 0 Å². The summed E-state index contributed by atoms with van der Waals surface area (Å²) < 4.78 is 44.4. The summed E-state index contributed by atoms with van der Waals surface area (Å²) in [7, 11) is -2.12. The van der Waals surface area contributed by atoms with E-state index in [1.165, 1.54) is 31.4 Å². The first-order valence-corrected chi connectivity index (χ1v) is 7.53. The molecule has 2 aromatic carbocycles. The van der Waals surface area contributed by atoms with Crippen LogP contribution < -0.4 is 9.46 Å². The highest BCUT2D eigenvalue weighted by Crippen LogP contribution is 2.24. The van der Waals surface area contributed by atoms with Crippen molar-refractivity contribution in [3.63, 3.8) is 0 Å². The number of para-hydroxylation sites is 2. The fourth-order valence-corrected chi connectivity index (χ4v) is 2.94. The van der Waals surface area contributed by atoms with Gasteiger partial charge in [-0.05, 0) is 29.8 Å². The van der Waals surface area contributed by atoms with Crippen LogP contribution in [0.5, 0.6) is 5.75 Å². The lowest BCUT2D eigenvalue weighted by Gasteiger charge is -2.11. The normalized spacial score (nSPS) is 11.1. The molecule has 0 bridgehead atoms. The van der Waals surface area contributed by atoms with Crippen molar-refractivity contribution in [2.24, 2.45) is 0 Å². The molecule has 0 unspecified atom stereocenters. The molecule has 0 saturated heterocycles. The van der Waals surface area contributed by atoms with Crippen LogP contribution in [0.1, 0.15) is 5.56 Å². The maximum absolute atomic E-state index is 12.8. The minimum absolute atomic E-state index is 0.231. The van der Waals surface area contributed by atoms with Gasteiger partial charge in [0, 0.05) is 0 Å². The topological polar surface area (TPSA) is 55.4 Å². The number of halogens is 1. The minimum Gasteiger partial charge on any atom is -0.495 e. The fourth-order valence-electron chi connectivity index (χ4n) is 1.73. The lowest BCUT2D eigenvalue weighted by atomic mass is 10.2. The van der Waals surface area contributed by atoms with E-state index in [1.54, 1.807) is 24.3 Å². The average Bonchev–Trinajstić information content (AvgIpc) is 2.41. The zero-order valence-corrected chi connectivity index (χ0v) is 11.7. The molecule has 4 nitrogen and oxygen atoms in total. The van der Waals surface area contributed by atoms with Crippen LogP contribution in [0.15, 0.2) is 48.5 Å². The molecule has 1 N–H and O–H groups in total. The molecule has 106 valence electrons. The summed E-state index contributed by atoms with van der Waals surface area (Å²) in [5.74, 6) is -0.190. The number of hydrogen-bond acceptors (Lipinski definition) is 3. The molecule has 2 rings (SSSR count). The predicted molar refractivity (Wildman–Crippen MR) is 75.6 cm³/mol. The van der Waals surface area contributed by atoms with Gasteiger partial charge in [0.1, 0.15) is 11.6 Å². The van der Waals surface area contributed by atoms with Gasteiger partial charge in [-0.25, -0.2) is 12.8 Å². The van der Waals surface area contributed by atoms with Crippen LogP contribution in [0, 0.1) is 5.82 Å².